The molecule has 42 heavy (non-hydrogen) atoms. The highest BCUT2D eigenvalue weighted by Gasteiger charge is 2.57. The second kappa shape index (κ2) is 11.6. The van der Waals surface area contributed by atoms with Crippen LogP contribution in [0.3, 0.4) is 0 Å². The number of halogens is 1. The van der Waals surface area contributed by atoms with E-state index >= 15 is 0 Å². The Morgan fingerprint density at radius 1 is 1.02 bits per heavy atom. The number of carbonyl (C=O) groups excluding carboxylic acids is 2. The number of fused-ring (bicyclic) bond motifs is 3. The molecule has 3 aromatic rings. The number of phenolic OH excluding ortho intramolecular Hbond substituents is 1. The molecule has 0 saturated carbocycles. The summed E-state index contributed by atoms with van der Waals surface area (Å²) >= 11 is 0. The molecule has 0 unspecified atom stereocenters. The van der Waals surface area contributed by atoms with Crippen LogP contribution >= 0.6 is 0 Å². The number of rotatable bonds is 8. The Balaban J connectivity index is 1.17. The van der Waals surface area contributed by atoms with E-state index in [1.165, 1.54) is 28.2 Å². The minimum absolute atomic E-state index is 0.0975. The van der Waals surface area contributed by atoms with Crippen LogP contribution < -0.4 is 10.2 Å². The molecule has 3 aromatic carbocycles. The zero-order valence-corrected chi connectivity index (χ0v) is 23.8. The number of nitrogens with zero attached hydrogens (tertiary/aromatic N) is 1. The summed E-state index contributed by atoms with van der Waals surface area (Å²) in [4.78, 5) is 28.9. The number of aromatic hydroxyl groups is 1. The van der Waals surface area contributed by atoms with Crippen molar-refractivity contribution in [2.45, 2.75) is 45.6 Å². The van der Waals surface area contributed by atoms with Crippen molar-refractivity contribution in [2.24, 2.45) is 17.8 Å². The van der Waals surface area contributed by atoms with Crippen LogP contribution in [0, 0.1) is 23.6 Å². The lowest BCUT2D eigenvalue weighted by atomic mass is 9.69. The average molecular weight is 567 g/mol. The molecule has 7 heteroatoms. The number of hydrogen-bond acceptors (Lipinski definition) is 5. The molecule has 6 nitrogen and oxygen atoms in total. The molecule has 3 aliphatic rings. The Morgan fingerprint density at radius 3 is 2.48 bits per heavy atom. The number of hydrogen-bond donors (Lipinski definition) is 2. The van der Waals surface area contributed by atoms with Crippen LogP contribution in [0.2, 0.25) is 0 Å². The largest absolute Gasteiger partial charge is 0.505 e. The summed E-state index contributed by atoms with van der Waals surface area (Å²) < 4.78 is 20.1. The second-order valence-corrected chi connectivity index (χ2v) is 11.5. The summed E-state index contributed by atoms with van der Waals surface area (Å²) in [7, 11) is 0. The monoisotopic (exact) mass is 566 g/mol. The summed E-state index contributed by atoms with van der Waals surface area (Å²) in [6, 6.07) is 21.6. The molecule has 6 rings (SSSR count). The number of ether oxygens (including phenoxy) is 1. The lowest BCUT2D eigenvalue weighted by Gasteiger charge is -2.31. The number of phenols is 1. The van der Waals surface area contributed by atoms with Crippen LogP contribution in [0.1, 0.15) is 45.1 Å². The van der Waals surface area contributed by atoms with E-state index in [0.29, 0.717) is 24.3 Å². The van der Waals surface area contributed by atoms with E-state index in [2.05, 4.69) is 12.2 Å². The zero-order chi connectivity index (χ0) is 29.4. The smallest absolute Gasteiger partial charge is 0.238 e. The Labute approximate surface area is 245 Å². The molecule has 2 heterocycles. The molecule has 2 amide bonds. The van der Waals surface area contributed by atoms with E-state index < -0.39 is 11.7 Å². The van der Waals surface area contributed by atoms with Gasteiger partial charge in [-0.1, -0.05) is 48.4 Å². The lowest BCUT2D eigenvalue weighted by molar-refractivity contribution is -0.122. The molecular formula is C35H35FN2O4. The third kappa shape index (κ3) is 5.25. The molecule has 4 atom stereocenters. The van der Waals surface area contributed by atoms with Crippen molar-refractivity contribution in [3.8, 4) is 5.75 Å². The van der Waals surface area contributed by atoms with Crippen LogP contribution in [0.15, 0.2) is 89.5 Å². The van der Waals surface area contributed by atoms with Gasteiger partial charge in [0.15, 0.2) is 11.6 Å². The van der Waals surface area contributed by atoms with Gasteiger partial charge in [0.2, 0.25) is 11.8 Å². The SMILES string of the molecule is CCC1=C2[C@@H](CC/C(C)=C/c3ccc(O)c(F)c3)OC[C@@H]2[C@@H]2C(=O)N(c3ccc(Nc4ccccc4)cc3)C(=O)[C@@H]2C1. The number of amides is 2. The van der Waals surface area contributed by atoms with Crippen molar-refractivity contribution in [2.75, 3.05) is 16.8 Å². The van der Waals surface area contributed by atoms with Gasteiger partial charge in [-0.3, -0.25) is 14.5 Å². The number of imide groups is 1. The number of para-hydroxylation sites is 1. The van der Waals surface area contributed by atoms with Gasteiger partial charge < -0.3 is 15.2 Å². The van der Waals surface area contributed by atoms with Gasteiger partial charge in [-0.15, -0.1) is 0 Å². The highest BCUT2D eigenvalue weighted by molar-refractivity contribution is 6.22. The fourth-order valence-electron chi connectivity index (χ4n) is 6.78. The Hall–Kier alpha value is -4.23. The fraction of sp³-hybridized carbons (Fsp3) is 0.314. The zero-order valence-electron chi connectivity index (χ0n) is 23.8. The fourth-order valence-corrected chi connectivity index (χ4v) is 6.78. The van der Waals surface area contributed by atoms with E-state index in [0.717, 1.165) is 36.2 Å². The third-order valence-corrected chi connectivity index (χ3v) is 8.81. The summed E-state index contributed by atoms with van der Waals surface area (Å²) in [5, 5.41) is 12.8. The van der Waals surface area contributed by atoms with Gasteiger partial charge in [-0.25, -0.2) is 4.39 Å². The third-order valence-electron chi connectivity index (χ3n) is 8.81. The summed E-state index contributed by atoms with van der Waals surface area (Å²) in [5.74, 6) is -2.14. The topological polar surface area (TPSA) is 78.9 Å². The average Bonchev–Trinajstić information content (AvgIpc) is 3.52. The number of benzene rings is 3. The molecule has 216 valence electrons. The van der Waals surface area contributed by atoms with Crippen molar-refractivity contribution < 1.29 is 23.8 Å². The van der Waals surface area contributed by atoms with Crippen LogP contribution in [0.4, 0.5) is 21.5 Å². The molecule has 0 bridgehead atoms. The summed E-state index contributed by atoms with van der Waals surface area (Å²) in [6.45, 7) is 4.54. The standard InChI is InChI=1S/C35H35FN2O4/c1-3-23-19-27-33(28-20-42-31(32(23)28)16-9-21(2)17-22-10-15-30(39)29(36)18-22)35(41)38(34(27)40)26-13-11-25(12-14-26)37-24-7-5-4-6-8-24/h4-8,10-15,17-18,27-28,31,33,37,39H,3,9,16,19-20H2,1-2H3/b21-17+/t27-,28+,31-,33-/m1/s1. The maximum Gasteiger partial charge on any atom is 0.238 e. The van der Waals surface area contributed by atoms with Gasteiger partial charge in [-0.2, -0.15) is 0 Å². The Kier molecular flexibility index (Phi) is 7.69. The lowest BCUT2D eigenvalue weighted by Crippen LogP contribution is -2.34. The Morgan fingerprint density at radius 2 is 1.76 bits per heavy atom. The molecule has 2 saturated heterocycles. The van der Waals surface area contributed by atoms with Gasteiger partial charge >= 0.3 is 0 Å². The van der Waals surface area contributed by atoms with Gasteiger partial charge in [0, 0.05) is 17.3 Å². The van der Waals surface area contributed by atoms with Crippen molar-refractivity contribution in [1.29, 1.82) is 0 Å². The minimum Gasteiger partial charge on any atom is -0.505 e. The normalized spacial score (nSPS) is 23.8. The van der Waals surface area contributed by atoms with Gasteiger partial charge in [0.25, 0.3) is 0 Å². The van der Waals surface area contributed by atoms with Gasteiger partial charge in [0.05, 0.1) is 30.2 Å². The van der Waals surface area contributed by atoms with E-state index in [1.807, 2.05) is 67.6 Å². The molecule has 2 fully saturated rings. The van der Waals surface area contributed by atoms with Crippen LogP contribution in [-0.4, -0.2) is 29.6 Å². The maximum absolute atomic E-state index is 13.8. The molecule has 0 radical (unpaired) electrons. The van der Waals surface area contributed by atoms with Crippen molar-refractivity contribution in [1.82, 2.24) is 0 Å². The molecule has 2 N–H and O–H groups in total. The van der Waals surface area contributed by atoms with E-state index in [1.54, 1.807) is 6.07 Å². The first-order valence-electron chi connectivity index (χ1n) is 14.6. The number of carbonyl (C=O) groups is 2. The minimum atomic E-state index is -0.641. The molecule has 2 aliphatic heterocycles. The first-order valence-corrected chi connectivity index (χ1v) is 14.6. The number of nitrogens with one attached hydrogen (secondary N) is 1. The molecular weight excluding hydrogens is 531 g/mol. The second-order valence-electron chi connectivity index (χ2n) is 11.5. The highest BCUT2D eigenvalue weighted by Crippen LogP contribution is 2.51. The molecule has 1 aliphatic carbocycles. The quantitative estimate of drug-likeness (QED) is 0.220. The van der Waals surface area contributed by atoms with E-state index in [4.69, 9.17) is 4.74 Å². The van der Waals surface area contributed by atoms with Crippen LogP contribution in [-0.2, 0) is 14.3 Å². The predicted molar refractivity (Wildman–Crippen MR) is 162 cm³/mol. The van der Waals surface area contributed by atoms with Crippen molar-refractivity contribution in [3.05, 3.63) is 101 Å². The van der Waals surface area contributed by atoms with E-state index in [-0.39, 0.29) is 35.5 Å². The molecule has 0 aromatic heterocycles. The highest BCUT2D eigenvalue weighted by atomic mass is 19.1. The van der Waals surface area contributed by atoms with E-state index in [9.17, 15) is 19.1 Å². The first kappa shape index (κ1) is 27.9. The van der Waals surface area contributed by atoms with Crippen molar-refractivity contribution in [3.63, 3.8) is 0 Å². The van der Waals surface area contributed by atoms with Gasteiger partial charge in [0.1, 0.15) is 0 Å². The summed E-state index contributed by atoms with van der Waals surface area (Å²) in [5.41, 5.74) is 6.64. The van der Waals surface area contributed by atoms with Crippen molar-refractivity contribution >= 4 is 35.0 Å². The summed E-state index contributed by atoms with van der Waals surface area (Å²) in [6.07, 6.45) is 4.71. The predicted octanol–water partition coefficient (Wildman–Crippen LogP) is 7.39. The van der Waals surface area contributed by atoms with Crippen LogP contribution in [0.5, 0.6) is 5.75 Å². The first-order chi connectivity index (χ1) is 20.3. The van der Waals surface area contributed by atoms with Crippen LogP contribution in [0.25, 0.3) is 6.08 Å². The van der Waals surface area contributed by atoms with Gasteiger partial charge in [-0.05, 0) is 92.3 Å². The number of allylic oxidation sites excluding steroid dienone is 2. The Bertz CT molecular complexity index is 1560. The number of anilines is 3. The maximum atomic E-state index is 13.8. The molecule has 0 spiro atoms.